The Balaban J connectivity index is 1.46. The van der Waals surface area contributed by atoms with E-state index in [0.717, 1.165) is 42.1 Å². The molecule has 130 valence electrons. The molecule has 24 heavy (non-hydrogen) atoms. The molecule has 7 heteroatoms. The van der Waals surface area contributed by atoms with Gasteiger partial charge in [-0.15, -0.1) is 11.3 Å². The molecule has 3 rings (SSSR count). The number of rotatable bonds is 5. The number of nitrogens with zero attached hydrogens (tertiary/aromatic N) is 1. The minimum Gasteiger partial charge on any atom is -0.462 e. The Bertz CT molecular complexity index is 670. The first-order valence-electron chi connectivity index (χ1n) is 8.25. The van der Waals surface area contributed by atoms with Crippen LogP contribution in [-0.2, 0) is 6.54 Å². The third-order valence-corrected chi connectivity index (χ3v) is 5.55. The van der Waals surface area contributed by atoms with Gasteiger partial charge < -0.3 is 20.2 Å². The lowest BCUT2D eigenvalue weighted by Gasteiger charge is -2.38. The number of hydrogen-bond donors (Lipinski definition) is 3. The smallest absolute Gasteiger partial charge is 0.315 e. The summed E-state index contributed by atoms with van der Waals surface area (Å²) in [6.45, 7) is 2.88. The quantitative estimate of drug-likeness (QED) is 0.774. The van der Waals surface area contributed by atoms with Crippen molar-refractivity contribution in [2.45, 2.75) is 45.3 Å². The van der Waals surface area contributed by atoms with Crippen molar-refractivity contribution in [3.8, 4) is 10.8 Å². The van der Waals surface area contributed by atoms with Crippen molar-refractivity contribution < 1.29 is 14.3 Å². The van der Waals surface area contributed by atoms with Crippen LogP contribution in [0.5, 0.6) is 0 Å². The number of urea groups is 1. The molecule has 2 amide bonds. The maximum absolute atomic E-state index is 12.0. The standard InChI is InChI=1S/C17H23N3O3S/c1-17(7-3-2-6-14(17)21)11-19-16(22)18-9-12-10-24-15(20-12)13-5-4-8-23-13/h4-5,8,10,14,21H,2-3,6-7,9,11H2,1H3,(H2,18,19,22). The number of hydrogen-bond acceptors (Lipinski definition) is 5. The van der Waals surface area contributed by atoms with Gasteiger partial charge in [0.1, 0.15) is 0 Å². The molecule has 1 fully saturated rings. The van der Waals surface area contributed by atoms with Gasteiger partial charge in [0, 0.05) is 17.3 Å². The van der Waals surface area contributed by atoms with Crippen molar-refractivity contribution in [3.63, 3.8) is 0 Å². The maximum atomic E-state index is 12.0. The molecule has 2 heterocycles. The van der Waals surface area contributed by atoms with Crippen LogP contribution in [0.1, 0.15) is 38.3 Å². The average Bonchev–Trinajstić information content (AvgIpc) is 3.25. The fraction of sp³-hybridized carbons (Fsp3) is 0.529. The first kappa shape index (κ1) is 17.0. The molecule has 0 bridgehead atoms. The molecular weight excluding hydrogens is 326 g/mol. The lowest BCUT2D eigenvalue weighted by molar-refractivity contribution is 0.00308. The van der Waals surface area contributed by atoms with Crippen LogP contribution in [0.4, 0.5) is 4.79 Å². The Morgan fingerprint density at radius 1 is 1.50 bits per heavy atom. The summed E-state index contributed by atoms with van der Waals surface area (Å²) in [5.41, 5.74) is 0.563. The van der Waals surface area contributed by atoms with Gasteiger partial charge in [-0.3, -0.25) is 0 Å². The molecule has 1 aliphatic carbocycles. The normalized spacial score (nSPS) is 23.8. The van der Waals surface area contributed by atoms with Crippen molar-refractivity contribution in [1.82, 2.24) is 15.6 Å². The Morgan fingerprint density at radius 2 is 2.38 bits per heavy atom. The summed E-state index contributed by atoms with van der Waals surface area (Å²) < 4.78 is 5.31. The average molecular weight is 349 g/mol. The monoisotopic (exact) mass is 349 g/mol. The molecule has 0 aromatic carbocycles. The van der Waals surface area contributed by atoms with Crippen LogP contribution in [0.2, 0.25) is 0 Å². The summed E-state index contributed by atoms with van der Waals surface area (Å²) in [6.07, 6.45) is 5.18. The summed E-state index contributed by atoms with van der Waals surface area (Å²) in [5, 5.41) is 18.5. The van der Waals surface area contributed by atoms with Gasteiger partial charge in [0.2, 0.25) is 0 Å². The first-order chi connectivity index (χ1) is 11.6. The third-order valence-electron chi connectivity index (χ3n) is 4.65. The molecule has 2 unspecified atom stereocenters. The topological polar surface area (TPSA) is 87.4 Å². The number of aliphatic hydroxyl groups excluding tert-OH is 1. The number of aliphatic hydroxyl groups is 1. The summed E-state index contributed by atoms with van der Waals surface area (Å²) in [5.74, 6) is 0.731. The van der Waals surface area contributed by atoms with Gasteiger partial charge in [-0.1, -0.05) is 19.8 Å². The van der Waals surface area contributed by atoms with Gasteiger partial charge in [-0.05, 0) is 25.0 Å². The van der Waals surface area contributed by atoms with Crippen LogP contribution < -0.4 is 10.6 Å². The second-order valence-electron chi connectivity index (χ2n) is 6.57. The van der Waals surface area contributed by atoms with Crippen molar-refractivity contribution in [1.29, 1.82) is 0 Å². The Hall–Kier alpha value is -1.86. The number of carbonyl (C=O) groups excluding carboxylic acids is 1. The minimum atomic E-state index is -0.346. The lowest BCUT2D eigenvalue weighted by Crippen LogP contribution is -2.47. The summed E-state index contributed by atoms with van der Waals surface area (Å²) >= 11 is 1.49. The van der Waals surface area contributed by atoms with E-state index in [4.69, 9.17) is 4.42 Å². The fourth-order valence-electron chi connectivity index (χ4n) is 3.00. The number of amides is 2. The fourth-order valence-corrected chi connectivity index (χ4v) is 3.79. The van der Waals surface area contributed by atoms with Gasteiger partial charge in [-0.25, -0.2) is 9.78 Å². The highest BCUT2D eigenvalue weighted by Crippen LogP contribution is 2.35. The number of aromatic nitrogens is 1. The number of carbonyl (C=O) groups is 1. The maximum Gasteiger partial charge on any atom is 0.315 e. The van der Waals surface area contributed by atoms with Crippen molar-refractivity contribution >= 4 is 17.4 Å². The van der Waals surface area contributed by atoms with E-state index >= 15 is 0 Å². The largest absolute Gasteiger partial charge is 0.462 e. The van der Waals surface area contributed by atoms with Gasteiger partial charge in [0.25, 0.3) is 0 Å². The van der Waals surface area contributed by atoms with E-state index in [1.165, 1.54) is 11.3 Å². The van der Waals surface area contributed by atoms with Crippen molar-refractivity contribution in [2.24, 2.45) is 5.41 Å². The van der Waals surface area contributed by atoms with E-state index in [0.29, 0.717) is 13.1 Å². The van der Waals surface area contributed by atoms with Gasteiger partial charge >= 0.3 is 6.03 Å². The molecule has 1 aliphatic rings. The third kappa shape index (κ3) is 3.96. The highest BCUT2D eigenvalue weighted by atomic mass is 32.1. The molecule has 0 spiro atoms. The van der Waals surface area contributed by atoms with E-state index in [9.17, 15) is 9.90 Å². The van der Waals surface area contributed by atoms with Crippen LogP contribution >= 0.6 is 11.3 Å². The highest BCUT2D eigenvalue weighted by molar-refractivity contribution is 7.13. The van der Waals surface area contributed by atoms with Crippen molar-refractivity contribution in [2.75, 3.05) is 6.54 Å². The molecule has 2 aromatic heterocycles. The van der Waals surface area contributed by atoms with E-state index in [-0.39, 0.29) is 17.6 Å². The van der Waals surface area contributed by atoms with Crippen LogP contribution in [0.25, 0.3) is 10.8 Å². The summed E-state index contributed by atoms with van der Waals surface area (Å²) in [7, 11) is 0. The molecule has 0 aliphatic heterocycles. The summed E-state index contributed by atoms with van der Waals surface area (Å²) in [4.78, 5) is 16.4. The zero-order chi connectivity index (χ0) is 17.0. The molecule has 3 N–H and O–H groups in total. The summed E-state index contributed by atoms with van der Waals surface area (Å²) in [6, 6.07) is 3.45. The Morgan fingerprint density at radius 3 is 3.12 bits per heavy atom. The second-order valence-corrected chi connectivity index (χ2v) is 7.43. The number of furan rings is 1. The van der Waals surface area contributed by atoms with Crippen LogP contribution in [-0.4, -0.2) is 28.8 Å². The molecule has 1 saturated carbocycles. The zero-order valence-corrected chi connectivity index (χ0v) is 14.6. The molecule has 0 radical (unpaired) electrons. The van der Waals surface area contributed by atoms with Crippen molar-refractivity contribution in [3.05, 3.63) is 29.5 Å². The second kappa shape index (κ2) is 7.36. The highest BCUT2D eigenvalue weighted by Gasteiger charge is 2.35. The van der Waals surface area contributed by atoms with E-state index in [2.05, 4.69) is 15.6 Å². The van der Waals surface area contributed by atoms with Crippen LogP contribution in [0.3, 0.4) is 0 Å². The van der Waals surface area contributed by atoms with Gasteiger partial charge in [0.15, 0.2) is 10.8 Å². The Labute approximate surface area is 145 Å². The predicted molar refractivity (Wildman–Crippen MR) is 92.6 cm³/mol. The van der Waals surface area contributed by atoms with Gasteiger partial charge in [0.05, 0.1) is 24.6 Å². The SMILES string of the molecule is CC1(CNC(=O)NCc2csc(-c3ccco3)n2)CCCCC1O. The molecule has 2 aromatic rings. The molecule has 0 saturated heterocycles. The predicted octanol–water partition coefficient (Wildman–Crippen LogP) is 3.14. The molecular formula is C17H23N3O3S. The lowest BCUT2D eigenvalue weighted by atomic mass is 9.73. The molecule has 6 nitrogen and oxygen atoms in total. The van der Waals surface area contributed by atoms with Crippen LogP contribution in [0, 0.1) is 5.41 Å². The Kier molecular flexibility index (Phi) is 5.20. The first-order valence-corrected chi connectivity index (χ1v) is 9.13. The van der Waals surface area contributed by atoms with E-state index < -0.39 is 0 Å². The van der Waals surface area contributed by atoms with E-state index in [1.54, 1.807) is 6.26 Å². The zero-order valence-electron chi connectivity index (χ0n) is 13.7. The molecule has 2 atom stereocenters. The van der Waals surface area contributed by atoms with Crippen LogP contribution in [0.15, 0.2) is 28.2 Å². The minimum absolute atomic E-state index is 0.233. The van der Waals surface area contributed by atoms with Gasteiger partial charge in [-0.2, -0.15) is 0 Å². The number of nitrogens with one attached hydrogen (secondary N) is 2. The number of thiazole rings is 1. The van der Waals surface area contributed by atoms with E-state index in [1.807, 2.05) is 24.4 Å².